The predicted molar refractivity (Wildman–Crippen MR) is 86.3 cm³/mol. The molecule has 26 heavy (non-hydrogen) atoms. The molecule has 1 amide bonds. The molecular weight excluding hydrogens is 340 g/mol. The van der Waals surface area contributed by atoms with Gasteiger partial charge in [0.25, 0.3) is 5.91 Å². The van der Waals surface area contributed by atoms with Gasteiger partial charge in [-0.1, -0.05) is 0 Å². The van der Waals surface area contributed by atoms with Crippen molar-refractivity contribution in [3.8, 4) is 11.5 Å². The number of carbonyl (C=O) groups excluding carboxylic acids is 2. The zero-order valence-corrected chi connectivity index (χ0v) is 14.0. The highest BCUT2D eigenvalue weighted by atomic mass is 16.7. The topological polar surface area (TPSA) is 98.0 Å². The van der Waals surface area contributed by atoms with E-state index in [1.54, 1.807) is 42.0 Å². The highest BCUT2D eigenvalue weighted by molar-refractivity contribution is 5.99. The van der Waals surface area contributed by atoms with Crippen LogP contribution in [0, 0.1) is 0 Å². The van der Waals surface area contributed by atoms with Crippen LogP contribution in [0.3, 0.4) is 0 Å². The molecule has 1 aromatic heterocycles. The van der Waals surface area contributed by atoms with Crippen LogP contribution in [0.25, 0.3) is 0 Å². The number of amides is 1. The molecule has 134 valence electrons. The van der Waals surface area contributed by atoms with Crippen LogP contribution in [0.4, 0.5) is 0 Å². The molecule has 0 saturated carbocycles. The number of aliphatic hydroxyl groups is 1. The zero-order valence-electron chi connectivity index (χ0n) is 14.0. The molecule has 2 aliphatic heterocycles. The molecule has 2 aromatic rings. The van der Waals surface area contributed by atoms with Crippen LogP contribution in [-0.2, 0) is 21.8 Å². The van der Waals surface area contributed by atoms with Gasteiger partial charge >= 0.3 is 5.97 Å². The molecule has 2 N–H and O–H groups in total. The van der Waals surface area contributed by atoms with E-state index in [-0.39, 0.29) is 25.5 Å². The summed E-state index contributed by atoms with van der Waals surface area (Å²) in [7, 11) is 0. The Morgan fingerprint density at radius 2 is 2.15 bits per heavy atom. The summed E-state index contributed by atoms with van der Waals surface area (Å²) >= 11 is 0. The van der Waals surface area contributed by atoms with Gasteiger partial charge in [-0.3, -0.25) is 4.79 Å². The normalized spacial score (nSPS) is 19.8. The molecule has 8 heteroatoms. The van der Waals surface area contributed by atoms with Gasteiger partial charge in [-0.05, 0) is 25.1 Å². The summed E-state index contributed by atoms with van der Waals surface area (Å²) in [4.78, 5) is 24.0. The van der Waals surface area contributed by atoms with E-state index < -0.39 is 17.6 Å². The summed E-state index contributed by atoms with van der Waals surface area (Å²) < 4.78 is 17.1. The lowest BCUT2D eigenvalue weighted by Crippen LogP contribution is -2.40. The molecule has 1 aromatic carbocycles. The van der Waals surface area contributed by atoms with Crippen molar-refractivity contribution in [2.45, 2.75) is 19.2 Å². The monoisotopic (exact) mass is 357 g/mol. The van der Waals surface area contributed by atoms with E-state index in [4.69, 9.17) is 14.2 Å². The number of hydrogen-bond donors (Lipinski definition) is 2. The maximum absolute atomic E-state index is 12.4. The number of nitrogens with one attached hydrogen (secondary N) is 1. The third-order valence-corrected chi connectivity index (χ3v) is 4.35. The van der Waals surface area contributed by atoms with Crippen molar-refractivity contribution in [2.24, 2.45) is 0 Å². The van der Waals surface area contributed by atoms with Crippen LogP contribution in [0.15, 0.2) is 36.7 Å². The molecule has 2 aliphatic rings. The van der Waals surface area contributed by atoms with E-state index in [1.165, 1.54) is 6.20 Å². The standard InChI is InChI=1S/C18H16N2O6/c1-2-24-16(21)9-20-6-5-13-12(8-20)17(22)19-18(13,23)11-3-4-14-15(7-11)26-10-25-14/h3-8,23H,2,9-10H2,1H3/p+1. The molecule has 1 atom stereocenters. The summed E-state index contributed by atoms with van der Waals surface area (Å²) in [6.45, 7) is 2.11. The smallest absolute Gasteiger partial charge is 0.372 e. The minimum Gasteiger partial charge on any atom is -0.461 e. The van der Waals surface area contributed by atoms with Crippen molar-refractivity contribution < 1.29 is 33.5 Å². The van der Waals surface area contributed by atoms with Gasteiger partial charge in [-0.15, -0.1) is 0 Å². The van der Waals surface area contributed by atoms with Gasteiger partial charge in [-0.2, -0.15) is 4.57 Å². The molecule has 0 radical (unpaired) electrons. The predicted octanol–water partition coefficient (Wildman–Crippen LogP) is 0.203. The second-order valence-corrected chi connectivity index (χ2v) is 5.98. The van der Waals surface area contributed by atoms with E-state index in [9.17, 15) is 14.7 Å². The highest BCUT2D eigenvalue weighted by Crippen LogP contribution is 2.39. The first-order valence-electron chi connectivity index (χ1n) is 8.15. The Bertz CT molecular complexity index is 913. The first kappa shape index (κ1) is 16.3. The quantitative estimate of drug-likeness (QED) is 0.599. The van der Waals surface area contributed by atoms with Crippen molar-refractivity contribution >= 4 is 11.9 Å². The lowest BCUT2D eigenvalue weighted by atomic mass is 9.95. The lowest BCUT2D eigenvalue weighted by molar-refractivity contribution is -0.686. The van der Waals surface area contributed by atoms with Gasteiger partial charge in [0.15, 0.2) is 29.6 Å². The minimum absolute atomic E-state index is 0.0170. The number of fused-ring (bicyclic) bond motifs is 2. The minimum atomic E-state index is -1.68. The summed E-state index contributed by atoms with van der Waals surface area (Å²) in [5, 5.41) is 13.7. The maximum atomic E-state index is 12.4. The molecule has 0 saturated heterocycles. The van der Waals surface area contributed by atoms with Gasteiger partial charge in [0, 0.05) is 17.2 Å². The average molecular weight is 357 g/mol. The Morgan fingerprint density at radius 1 is 1.35 bits per heavy atom. The average Bonchev–Trinajstić information content (AvgIpc) is 3.18. The molecule has 3 heterocycles. The number of nitrogens with zero attached hydrogens (tertiary/aromatic N) is 1. The summed E-state index contributed by atoms with van der Waals surface area (Å²) in [6.07, 6.45) is 3.14. The Morgan fingerprint density at radius 3 is 2.96 bits per heavy atom. The van der Waals surface area contributed by atoms with Crippen molar-refractivity contribution in [2.75, 3.05) is 13.4 Å². The van der Waals surface area contributed by atoms with Crippen molar-refractivity contribution in [1.82, 2.24) is 5.32 Å². The maximum Gasteiger partial charge on any atom is 0.372 e. The van der Waals surface area contributed by atoms with Gasteiger partial charge in [-0.25, -0.2) is 4.79 Å². The Hall–Kier alpha value is -3.13. The van der Waals surface area contributed by atoms with E-state index in [1.807, 2.05) is 0 Å². The number of benzene rings is 1. The highest BCUT2D eigenvalue weighted by Gasteiger charge is 2.45. The molecule has 0 bridgehead atoms. The number of aromatic nitrogens is 1. The molecular formula is C18H17N2O6+. The Kier molecular flexibility index (Phi) is 3.77. The van der Waals surface area contributed by atoms with E-state index >= 15 is 0 Å². The molecule has 1 unspecified atom stereocenters. The fourth-order valence-electron chi connectivity index (χ4n) is 3.14. The number of carbonyl (C=O) groups is 2. The van der Waals surface area contributed by atoms with E-state index in [0.29, 0.717) is 22.6 Å². The third kappa shape index (κ3) is 2.55. The molecule has 0 spiro atoms. The van der Waals surface area contributed by atoms with Crippen LogP contribution in [0.2, 0.25) is 0 Å². The van der Waals surface area contributed by atoms with Gasteiger partial charge < -0.3 is 24.6 Å². The Balaban J connectivity index is 1.69. The van der Waals surface area contributed by atoms with Crippen LogP contribution in [0.5, 0.6) is 11.5 Å². The van der Waals surface area contributed by atoms with Crippen molar-refractivity contribution in [3.63, 3.8) is 0 Å². The fourth-order valence-corrected chi connectivity index (χ4v) is 3.14. The first-order valence-corrected chi connectivity index (χ1v) is 8.15. The number of rotatable bonds is 4. The molecule has 0 fully saturated rings. The first-order chi connectivity index (χ1) is 12.5. The second kappa shape index (κ2) is 5.99. The van der Waals surface area contributed by atoms with Crippen LogP contribution in [0.1, 0.15) is 28.4 Å². The fraction of sp³-hybridized carbons (Fsp3) is 0.278. The molecule has 8 nitrogen and oxygen atoms in total. The van der Waals surface area contributed by atoms with Gasteiger partial charge in [0.05, 0.1) is 6.61 Å². The summed E-state index contributed by atoms with van der Waals surface area (Å²) in [5.41, 5.74) is -0.536. The van der Waals surface area contributed by atoms with Crippen LogP contribution in [-0.4, -0.2) is 30.4 Å². The summed E-state index contributed by atoms with van der Waals surface area (Å²) in [5.74, 6) is 0.259. The summed E-state index contributed by atoms with van der Waals surface area (Å²) in [6, 6.07) is 6.60. The number of hydrogen-bond acceptors (Lipinski definition) is 6. The lowest BCUT2D eigenvalue weighted by Gasteiger charge is -2.24. The zero-order chi connectivity index (χ0) is 18.3. The molecule has 0 aliphatic carbocycles. The van der Waals surface area contributed by atoms with Crippen molar-refractivity contribution in [1.29, 1.82) is 0 Å². The number of esters is 1. The largest absolute Gasteiger partial charge is 0.461 e. The van der Waals surface area contributed by atoms with E-state index in [0.717, 1.165) is 0 Å². The van der Waals surface area contributed by atoms with Crippen molar-refractivity contribution in [3.05, 3.63) is 53.3 Å². The third-order valence-electron chi connectivity index (χ3n) is 4.35. The SMILES string of the molecule is CCOC(=O)C[n+]1ccc2c(c1)C(=O)NC2(O)c1ccc2c(c1)OCO2. The Labute approximate surface area is 148 Å². The van der Waals surface area contributed by atoms with Gasteiger partial charge in [0.2, 0.25) is 13.3 Å². The number of pyridine rings is 1. The van der Waals surface area contributed by atoms with Crippen LogP contribution >= 0.6 is 0 Å². The second-order valence-electron chi connectivity index (χ2n) is 5.98. The number of ether oxygens (including phenoxy) is 3. The van der Waals surface area contributed by atoms with Crippen LogP contribution < -0.4 is 19.4 Å². The van der Waals surface area contributed by atoms with E-state index in [2.05, 4.69) is 5.32 Å². The van der Waals surface area contributed by atoms with Gasteiger partial charge in [0.1, 0.15) is 5.56 Å². The molecule has 4 rings (SSSR count).